The molecule has 0 saturated heterocycles. The predicted molar refractivity (Wildman–Crippen MR) is 82.9 cm³/mol. The van der Waals surface area contributed by atoms with Crippen molar-refractivity contribution >= 4 is 11.8 Å². The second-order valence-electron chi connectivity index (χ2n) is 6.35. The van der Waals surface area contributed by atoms with E-state index in [-0.39, 0.29) is 11.7 Å². The van der Waals surface area contributed by atoms with E-state index in [1.807, 2.05) is 27.7 Å². The average Bonchev–Trinajstić information content (AvgIpc) is 2.92. The molecule has 2 unspecified atom stereocenters. The van der Waals surface area contributed by atoms with Crippen LogP contribution in [0, 0.1) is 46.5 Å². The van der Waals surface area contributed by atoms with Gasteiger partial charge in [0, 0.05) is 11.5 Å². The van der Waals surface area contributed by atoms with Crippen LogP contribution in [0.3, 0.4) is 0 Å². The normalized spacial score (nSPS) is 21.6. The van der Waals surface area contributed by atoms with Crippen molar-refractivity contribution < 1.29 is 14.7 Å². The summed E-state index contributed by atoms with van der Waals surface area (Å²) in [6, 6.07) is 0. The quantitative estimate of drug-likeness (QED) is 0.858. The maximum Gasteiger partial charge on any atom is 0.307 e. The summed E-state index contributed by atoms with van der Waals surface area (Å²) in [5, 5.41) is 9.32. The van der Waals surface area contributed by atoms with Crippen LogP contribution in [0.1, 0.15) is 57.4 Å². The van der Waals surface area contributed by atoms with Gasteiger partial charge in [-0.15, -0.1) is 0 Å². The van der Waals surface area contributed by atoms with Gasteiger partial charge in [0.25, 0.3) is 0 Å². The minimum absolute atomic E-state index is 0.0288. The van der Waals surface area contributed by atoms with Crippen molar-refractivity contribution in [3.8, 4) is 0 Å². The molecular weight excluding hydrogens is 264 g/mol. The highest BCUT2D eigenvalue weighted by Gasteiger charge is 2.39. The Morgan fingerprint density at radius 3 is 1.71 bits per heavy atom. The molecule has 2 rings (SSSR count). The molecule has 0 radical (unpaired) electrons. The number of hydrogen-bond donors (Lipinski definition) is 1. The van der Waals surface area contributed by atoms with E-state index in [0.29, 0.717) is 12.8 Å². The van der Waals surface area contributed by atoms with Gasteiger partial charge in [-0.05, 0) is 75.3 Å². The minimum atomic E-state index is -0.832. The van der Waals surface area contributed by atoms with Crippen LogP contribution in [-0.2, 0) is 4.79 Å². The van der Waals surface area contributed by atoms with Gasteiger partial charge in [0.2, 0.25) is 0 Å². The van der Waals surface area contributed by atoms with E-state index in [2.05, 4.69) is 6.92 Å². The highest BCUT2D eigenvalue weighted by atomic mass is 16.4. The van der Waals surface area contributed by atoms with Crippen LogP contribution in [0.4, 0.5) is 0 Å². The van der Waals surface area contributed by atoms with E-state index in [4.69, 9.17) is 0 Å². The van der Waals surface area contributed by atoms with Crippen LogP contribution in [0.25, 0.3) is 0 Å². The van der Waals surface area contributed by atoms with Gasteiger partial charge in [-0.1, -0.05) is 6.42 Å². The number of carbonyl (C=O) groups is 2. The van der Waals surface area contributed by atoms with Gasteiger partial charge in [0.05, 0.1) is 5.92 Å². The zero-order valence-electron chi connectivity index (χ0n) is 13.5. The Morgan fingerprint density at radius 2 is 1.24 bits per heavy atom. The topological polar surface area (TPSA) is 54.4 Å². The molecule has 1 aliphatic carbocycles. The molecule has 21 heavy (non-hydrogen) atoms. The fourth-order valence-corrected chi connectivity index (χ4v) is 3.62. The molecule has 2 atom stereocenters. The maximum absolute atomic E-state index is 13.0. The number of carboxylic acid groups (broad SMARTS) is 1. The van der Waals surface area contributed by atoms with Gasteiger partial charge < -0.3 is 5.11 Å². The molecule has 3 heteroatoms. The summed E-state index contributed by atoms with van der Waals surface area (Å²) in [5.74, 6) is -1.68. The van der Waals surface area contributed by atoms with Gasteiger partial charge in [0.15, 0.2) is 5.78 Å². The molecule has 1 N–H and O–H groups in total. The summed E-state index contributed by atoms with van der Waals surface area (Å²) >= 11 is 0. The second-order valence-corrected chi connectivity index (χ2v) is 6.35. The Labute approximate surface area is 126 Å². The number of carbonyl (C=O) groups excluding carboxylic acids is 1. The number of benzene rings is 1. The summed E-state index contributed by atoms with van der Waals surface area (Å²) in [6.45, 7) is 10.1. The van der Waals surface area contributed by atoms with Crippen LogP contribution in [0.15, 0.2) is 0 Å². The van der Waals surface area contributed by atoms with Gasteiger partial charge in [-0.25, -0.2) is 0 Å². The second kappa shape index (κ2) is 5.63. The van der Waals surface area contributed by atoms with E-state index in [1.54, 1.807) is 0 Å². The molecule has 0 bridgehead atoms. The van der Waals surface area contributed by atoms with Crippen LogP contribution in [0.5, 0.6) is 0 Å². The summed E-state index contributed by atoms with van der Waals surface area (Å²) in [7, 11) is 0. The van der Waals surface area contributed by atoms with Crippen molar-refractivity contribution in [1.82, 2.24) is 0 Å². The Kier molecular flexibility index (Phi) is 4.22. The Morgan fingerprint density at radius 1 is 0.810 bits per heavy atom. The fraction of sp³-hybridized carbons (Fsp3) is 0.556. The Balaban J connectivity index is 2.52. The highest BCUT2D eigenvalue weighted by Crippen LogP contribution is 2.37. The number of aliphatic carboxylic acids is 1. The molecule has 3 nitrogen and oxygen atoms in total. The summed E-state index contributed by atoms with van der Waals surface area (Å²) < 4.78 is 0. The number of rotatable bonds is 3. The Bertz CT molecular complexity index is 584. The molecule has 1 aromatic rings. The third-order valence-corrected chi connectivity index (χ3v) is 5.42. The smallest absolute Gasteiger partial charge is 0.307 e. The van der Waals surface area contributed by atoms with Crippen molar-refractivity contribution in [2.24, 2.45) is 11.8 Å². The van der Waals surface area contributed by atoms with Crippen molar-refractivity contribution in [2.75, 3.05) is 0 Å². The lowest BCUT2D eigenvalue weighted by molar-refractivity contribution is -0.142. The first kappa shape index (κ1) is 15.7. The van der Waals surface area contributed by atoms with Crippen LogP contribution in [0.2, 0.25) is 0 Å². The predicted octanol–water partition coefficient (Wildman–Crippen LogP) is 3.91. The minimum Gasteiger partial charge on any atom is -0.481 e. The first-order valence-electron chi connectivity index (χ1n) is 7.61. The van der Waals surface area contributed by atoms with E-state index < -0.39 is 11.9 Å². The summed E-state index contributed by atoms with van der Waals surface area (Å²) in [5.41, 5.74) is 6.29. The first-order valence-corrected chi connectivity index (χ1v) is 7.61. The van der Waals surface area contributed by atoms with Crippen LogP contribution in [-0.4, -0.2) is 16.9 Å². The molecule has 1 fully saturated rings. The largest absolute Gasteiger partial charge is 0.481 e. The first-order chi connectivity index (χ1) is 9.77. The molecular formula is C18H24O3. The Hall–Kier alpha value is -1.64. The molecule has 0 heterocycles. The molecule has 1 aromatic carbocycles. The zero-order valence-corrected chi connectivity index (χ0v) is 13.5. The van der Waals surface area contributed by atoms with Gasteiger partial charge in [-0.3, -0.25) is 9.59 Å². The molecule has 114 valence electrons. The standard InChI is InChI=1S/C18H24O3/c1-9-10(2)12(4)16(13(5)11(9)3)17(19)14-7-6-8-15(14)18(20)21/h14-15H,6-8H2,1-5H3,(H,20,21). The molecule has 0 amide bonds. The van der Waals surface area contributed by atoms with E-state index in [9.17, 15) is 14.7 Å². The third-order valence-electron chi connectivity index (χ3n) is 5.42. The lowest BCUT2D eigenvalue weighted by Gasteiger charge is -2.21. The lowest BCUT2D eigenvalue weighted by Crippen LogP contribution is -2.27. The van der Waals surface area contributed by atoms with E-state index in [0.717, 1.165) is 34.2 Å². The number of hydrogen-bond acceptors (Lipinski definition) is 2. The van der Waals surface area contributed by atoms with Gasteiger partial charge in [-0.2, -0.15) is 0 Å². The van der Waals surface area contributed by atoms with Gasteiger partial charge >= 0.3 is 5.97 Å². The number of Topliss-reactive ketones (excluding diaryl/α,β-unsaturated/α-hetero) is 1. The van der Waals surface area contributed by atoms with Crippen LogP contribution < -0.4 is 0 Å². The zero-order chi connectivity index (χ0) is 15.9. The van der Waals surface area contributed by atoms with Gasteiger partial charge in [0.1, 0.15) is 0 Å². The SMILES string of the molecule is Cc1c(C)c(C)c(C(=O)C2CCCC2C(=O)O)c(C)c1C. The number of ketones is 1. The molecule has 1 aliphatic rings. The molecule has 0 aliphatic heterocycles. The number of carboxylic acids is 1. The summed E-state index contributed by atoms with van der Waals surface area (Å²) in [4.78, 5) is 24.3. The lowest BCUT2D eigenvalue weighted by atomic mass is 9.81. The molecule has 1 saturated carbocycles. The maximum atomic E-state index is 13.0. The van der Waals surface area contributed by atoms with E-state index in [1.165, 1.54) is 5.56 Å². The third kappa shape index (κ3) is 2.50. The van der Waals surface area contributed by atoms with Crippen molar-refractivity contribution in [1.29, 1.82) is 0 Å². The van der Waals surface area contributed by atoms with Crippen molar-refractivity contribution in [2.45, 2.75) is 53.9 Å². The van der Waals surface area contributed by atoms with Crippen molar-refractivity contribution in [3.05, 3.63) is 33.4 Å². The average molecular weight is 288 g/mol. The fourth-order valence-electron chi connectivity index (χ4n) is 3.62. The molecule has 0 spiro atoms. The monoisotopic (exact) mass is 288 g/mol. The molecule has 0 aromatic heterocycles. The van der Waals surface area contributed by atoms with Crippen molar-refractivity contribution in [3.63, 3.8) is 0 Å². The van der Waals surface area contributed by atoms with Crippen LogP contribution >= 0.6 is 0 Å². The summed E-state index contributed by atoms with van der Waals surface area (Å²) in [6.07, 6.45) is 2.14. The van der Waals surface area contributed by atoms with E-state index >= 15 is 0 Å². The highest BCUT2D eigenvalue weighted by molar-refractivity contribution is 6.03.